The highest BCUT2D eigenvalue weighted by Gasteiger charge is 2.36. The maximum atomic E-state index is 12.9. The van der Waals surface area contributed by atoms with E-state index in [1.165, 1.54) is 18.2 Å². The average molecular weight is 452 g/mol. The van der Waals surface area contributed by atoms with Gasteiger partial charge in [-0.25, -0.2) is 25.9 Å². The Balaban J connectivity index is 1.83. The van der Waals surface area contributed by atoms with Crippen LogP contribution in [0, 0.1) is 6.92 Å². The van der Waals surface area contributed by atoms with Crippen molar-refractivity contribution in [2.75, 3.05) is 30.7 Å². The van der Waals surface area contributed by atoms with Gasteiger partial charge in [-0.15, -0.1) is 0 Å². The van der Waals surface area contributed by atoms with Crippen molar-refractivity contribution in [3.8, 4) is 0 Å². The zero-order chi connectivity index (χ0) is 22.1. The van der Waals surface area contributed by atoms with Crippen molar-refractivity contribution in [2.24, 2.45) is 0 Å². The number of nitrogens with zero attached hydrogens (tertiary/aromatic N) is 2. The zero-order valence-corrected chi connectivity index (χ0v) is 18.7. The third-order valence-electron chi connectivity index (χ3n) is 5.04. The monoisotopic (exact) mass is 451 g/mol. The maximum absolute atomic E-state index is 12.9. The van der Waals surface area contributed by atoms with Crippen LogP contribution < -0.4 is 9.03 Å². The summed E-state index contributed by atoms with van der Waals surface area (Å²) in [6.07, 6.45) is -0.0750. The third kappa shape index (κ3) is 4.56. The summed E-state index contributed by atoms with van der Waals surface area (Å²) in [4.78, 5) is 13.9. The van der Waals surface area contributed by atoms with Crippen LogP contribution in [0.15, 0.2) is 53.4 Å². The van der Waals surface area contributed by atoms with E-state index in [1.54, 1.807) is 6.92 Å². The molecular weight excluding hydrogens is 426 g/mol. The van der Waals surface area contributed by atoms with Gasteiger partial charge < -0.3 is 4.90 Å². The number of hydrogen-bond donors (Lipinski definition) is 1. The van der Waals surface area contributed by atoms with Crippen LogP contribution in [0.2, 0.25) is 0 Å². The van der Waals surface area contributed by atoms with Gasteiger partial charge in [-0.05, 0) is 50.3 Å². The molecule has 1 aliphatic heterocycles. The van der Waals surface area contributed by atoms with Gasteiger partial charge in [0, 0.05) is 19.0 Å². The fourth-order valence-electron chi connectivity index (χ4n) is 3.47. The van der Waals surface area contributed by atoms with Gasteiger partial charge in [-0.1, -0.05) is 30.3 Å². The van der Waals surface area contributed by atoms with Crippen molar-refractivity contribution in [1.82, 2.24) is 9.62 Å². The van der Waals surface area contributed by atoms with E-state index in [0.717, 1.165) is 9.87 Å². The van der Waals surface area contributed by atoms with E-state index in [2.05, 4.69) is 4.72 Å². The highest BCUT2D eigenvalue weighted by molar-refractivity contribution is 7.94. The van der Waals surface area contributed by atoms with Gasteiger partial charge in [0.15, 0.2) is 0 Å². The second-order valence-electron chi connectivity index (χ2n) is 7.42. The molecule has 1 amide bonds. The van der Waals surface area contributed by atoms with Gasteiger partial charge >= 0.3 is 0 Å². The largest absolute Gasteiger partial charge is 0.301 e. The molecule has 3 rings (SSSR count). The van der Waals surface area contributed by atoms with Crippen molar-refractivity contribution < 1.29 is 21.6 Å². The van der Waals surface area contributed by atoms with Crippen LogP contribution in [0.1, 0.15) is 23.6 Å². The first kappa shape index (κ1) is 22.4. The molecule has 1 aliphatic rings. The highest BCUT2D eigenvalue weighted by atomic mass is 32.2. The fraction of sp³-hybridized carbons (Fsp3) is 0.350. The molecule has 0 radical (unpaired) electrons. The minimum atomic E-state index is -3.84. The number of carbonyl (C=O) groups excluding carboxylic acids is 1. The lowest BCUT2D eigenvalue weighted by molar-refractivity contribution is -0.116. The van der Waals surface area contributed by atoms with Crippen molar-refractivity contribution in [3.63, 3.8) is 0 Å². The molecule has 0 spiro atoms. The molecule has 1 N–H and O–H groups in total. The van der Waals surface area contributed by atoms with Crippen molar-refractivity contribution in [1.29, 1.82) is 0 Å². The fourth-order valence-corrected chi connectivity index (χ4v) is 6.18. The first-order valence-electron chi connectivity index (χ1n) is 9.40. The minimum Gasteiger partial charge on any atom is -0.301 e. The third-order valence-corrected chi connectivity index (χ3v) is 8.31. The lowest BCUT2D eigenvalue weighted by Crippen LogP contribution is -2.35. The van der Waals surface area contributed by atoms with E-state index in [1.807, 2.05) is 49.3 Å². The molecule has 1 saturated heterocycles. The van der Waals surface area contributed by atoms with E-state index in [9.17, 15) is 21.6 Å². The average Bonchev–Trinajstić information content (AvgIpc) is 2.94. The molecule has 8 nitrogen and oxygen atoms in total. The van der Waals surface area contributed by atoms with Crippen molar-refractivity contribution in [2.45, 2.75) is 24.3 Å². The van der Waals surface area contributed by atoms with E-state index < -0.39 is 26.0 Å². The summed E-state index contributed by atoms with van der Waals surface area (Å²) in [5, 5.41) is 0. The Hall–Kier alpha value is -2.27. The number of likely N-dealkylation sites (N-methyl/N-ethyl adjacent to an activating group) is 1. The minimum absolute atomic E-state index is 0.0425. The van der Waals surface area contributed by atoms with Gasteiger partial charge in [0.2, 0.25) is 26.0 Å². The molecule has 0 saturated carbocycles. The van der Waals surface area contributed by atoms with E-state index in [-0.39, 0.29) is 35.3 Å². The van der Waals surface area contributed by atoms with Crippen molar-refractivity contribution >= 4 is 31.6 Å². The number of carbonyl (C=O) groups is 1. The summed E-state index contributed by atoms with van der Waals surface area (Å²) >= 11 is 0. The second kappa shape index (κ2) is 8.46. The molecule has 162 valence electrons. The SMILES string of the molecule is Cc1cc(N2C(=O)CCS2(=O)=O)ccc1S(=O)(=O)NCC(c1ccccc1)N(C)C. The summed E-state index contributed by atoms with van der Waals surface area (Å²) in [6.45, 7) is 1.74. The Kier molecular flexibility index (Phi) is 6.32. The van der Waals surface area contributed by atoms with Crippen LogP contribution in [-0.2, 0) is 24.8 Å². The number of amides is 1. The quantitative estimate of drug-likeness (QED) is 0.686. The molecule has 30 heavy (non-hydrogen) atoms. The molecule has 1 heterocycles. The van der Waals surface area contributed by atoms with Gasteiger partial charge in [0.05, 0.1) is 16.3 Å². The Labute approximate surface area is 177 Å². The smallest absolute Gasteiger partial charge is 0.242 e. The lowest BCUT2D eigenvalue weighted by atomic mass is 10.1. The maximum Gasteiger partial charge on any atom is 0.242 e. The van der Waals surface area contributed by atoms with Gasteiger partial charge in [-0.2, -0.15) is 0 Å². The molecule has 2 aromatic carbocycles. The van der Waals surface area contributed by atoms with Gasteiger partial charge in [-0.3, -0.25) is 4.79 Å². The summed E-state index contributed by atoms with van der Waals surface area (Å²) in [7, 11) is -3.79. The topological polar surface area (TPSA) is 104 Å². The number of nitrogens with one attached hydrogen (secondary N) is 1. The van der Waals surface area contributed by atoms with Gasteiger partial charge in [0.25, 0.3) is 0 Å². The van der Waals surface area contributed by atoms with E-state index in [4.69, 9.17) is 0 Å². The normalized spacial score (nSPS) is 17.5. The number of rotatable bonds is 7. The predicted octanol–water partition coefficient (Wildman–Crippen LogP) is 1.64. The first-order chi connectivity index (χ1) is 14.0. The first-order valence-corrected chi connectivity index (χ1v) is 12.5. The lowest BCUT2D eigenvalue weighted by Gasteiger charge is -2.25. The molecule has 1 unspecified atom stereocenters. The molecule has 0 bridgehead atoms. The standard InChI is InChI=1S/C20H25N3O5S2/c1-15-13-17(23-20(24)11-12-29(23,25)26)9-10-19(15)30(27,28)21-14-18(22(2)3)16-7-5-4-6-8-16/h4-10,13,18,21H,11-12,14H2,1-3H3. The number of hydrogen-bond acceptors (Lipinski definition) is 6. The number of aryl methyl sites for hydroxylation is 1. The van der Waals surface area contributed by atoms with Crippen molar-refractivity contribution in [3.05, 3.63) is 59.7 Å². The van der Waals surface area contributed by atoms with Crippen LogP contribution in [0.3, 0.4) is 0 Å². The van der Waals surface area contributed by atoms with Crippen LogP contribution in [-0.4, -0.2) is 54.0 Å². The summed E-state index contributed by atoms with van der Waals surface area (Å²) in [6, 6.07) is 13.5. The molecule has 10 heteroatoms. The van der Waals surface area contributed by atoms with Crippen LogP contribution in [0.4, 0.5) is 5.69 Å². The van der Waals surface area contributed by atoms with Crippen LogP contribution >= 0.6 is 0 Å². The van der Waals surface area contributed by atoms with Gasteiger partial charge in [0.1, 0.15) is 0 Å². The Morgan fingerprint density at radius 2 is 1.80 bits per heavy atom. The molecule has 2 aromatic rings. The number of anilines is 1. The molecule has 0 aromatic heterocycles. The van der Waals surface area contributed by atoms with Crippen LogP contribution in [0.25, 0.3) is 0 Å². The molecule has 1 fully saturated rings. The predicted molar refractivity (Wildman–Crippen MR) is 115 cm³/mol. The summed E-state index contributed by atoms with van der Waals surface area (Å²) in [5.74, 6) is -0.752. The molecule has 0 aliphatic carbocycles. The Bertz CT molecular complexity index is 1150. The second-order valence-corrected chi connectivity index (χ2v) is 11.1. The molecular formula is C20H25N3O5S2. The zero-order valence-electron chi connectivity index (χ0n) is 17.1. The summed E-state index contributed by atoms with van der Waals surface area (Å²) < 4.78 is 53.4. The number of sulfonamides is 2. The van der Waals surface area contributed by atoms with E-state index in [0.29, 0.717) is 5.56 Å². The Morgan fingerprint density at radius 3 is 2.33 bits per heavy atom. The number of benzene rings is 2. The van der Waals surface area contributed by atoms with Crippen LogP contribution in [0.5, 0.6) is 0 Å². The van der Waals surface area contributed by atoms with E-state index >= 15 is 0 Å². The highest BCUT2D eigenvalue weighted by Crippen LogP contribution is 2.28. The summed E-state index contributed by atoms with van der Waals surface area (Å²) in [5.41, 5.74) is 1.50. The Morgan fingerprint density at radius 1 is 1.13 bits per heavy atom. The molecule has 1 atom stereocenters.